The Kier molecular flexibility index (Phi) is 2.82. The lowest BCUT2D eigenvalue weighted by atomic mass is 10.1. The van der Waals surface area contributed by atoms with Crippen LogP contribution in [0.15, 0.2) is 12.1 Å². The summed E-state index contributed by atoms with van der Waals surface area (Å²) in [7, 11) is 2.12. The fourth-order valence-corrected chi connectivity index (χ4v) is 1.66. The third-order valence-corrected chi connectivity index (χ3v) is 2.81. The summed E-state index contributed by atoms with van der Waals surface area (Å²) in [5, 5.41) is 0. The molecule has 0 aromatic heterocycles. The maximum absolute atomic E-state index is 5.37. The van der Waals surface area contributed by atoms with E-state index in [2.05, 4.69) is 37.9 Å². The maximum atomic E-state index is 5.37. The van der Waals surface area contributed by atoms with Gasteiger partial charge in [-0.05, 0) is 43.8 Å². The van der Waals surface area contributed by atoms with Crippen molar-refractivity contribution in [3.63, 3.8) is 0 Å². The van der Waals surface area contributed by atoms with E-state index in [-0.39, 0.29) is 0 Å². The molecular weight excluding hydrogens is 190 g/mol. The van der Waals surface area contributed by atoms with E-state index in [1.807, 2.05) is 0 Å². The van der Waals surface area contributed by atoms with Gasteiger partial charge in [-0.1, -0.05) is 6.92 Å². The van der Waals surface area contributed by atoms with Gasteiger partial charge in [0.05, 0.1) is 0 Å². The molecule has 0 amide bonds. The molecule has 0 N–H and O–H groups in total. The SMILES string of the molecule is CCN(C)Cc1cc2c(cc1C)OCO2. The fourth-order valence-electron chi connectivity index (χ4n) is 1.66. The highest BCUT2D eigenvalue weighted by molar-refractivity contribution is 5.48. The first-order chi connectivity index (χ1) is 7.20. The molecule has 1 aromatic rings. The summed E-state index contributed by atoms with van der Waals surface area (Å²) in [6, 6.07) is 4.14. The monoisotopic (exact) mass is 207 g/mol. The van der Waals surface area contributed by atoms with Crippen molar-refractivity contribution < 1.29 is 9.47 Å². The number of hydrogen-bond donors (Lipinski definition) is 0. The number of aryl methyl sites for hydroxylation is 1. The van der Waals surface area contributed by atoms with Gasteiger partial charge in [0.25, 0.3) is 0 Å². The molecule has 0 atom stereocenters. The van der Waals surface area contributed by atoms with Gasteiger partial charge in [-0.15, -0.1) is 0 Å². The Labute approximate surface area is 90.6 Å². The number of ether oxygens (including phenoxy) is 2. The lowest BCUT2D eigenvalue weighted by molar-refractivity contribution is 0.174. The number of fused-ring (bicyclic) bond motifs is 1. The van der Waals surface area contributed by atoms with Gasteiger partial charge in [-0.2, -0.15) is 0 Å². The Morgan fingerprint density at radius 1 is 1.27 bits per heavy atom. The topological polar surface area (TPSA) is 21.7 Å². The molecule has 3 nitrogen and oxygen atoms in total. The molecule has 0 saturated heterocycles. The van der Waals surface area contributed by atoms with Gasteiger partial charge in [0.15, 0.2) is 11.5 Å². The van der Waals surface area contributed by atoms with Crippen molar-refractivity contribution in [3.05, 3.63) is 23.3 Å². The quantitative estimate of drug-likeness (QED) is 0.758. The summed E-state index contributed by atoms with van der Waals surface area (Å²) in [6.45, 7) is 6.62. The summed E-state index contributed by atoms with van der Waals surface area (Å²) in [4.78, 5) is 2.27. The van der Waals surface area contributed by atoms with Crippen LogP contribution in [-0.2, 0) is 6.54 Å². The molecular formula is C12H17NO2. The molecule has 15 heavy (non-hydrogen) atoms. The molecule has 0 saturated carbocycles. The summed E-state index contributed by atoms with van der Waals surface area (Å²) >= 11 is 0. The Morgan fingerprint density at radius 2 is 1.93 bits per heavy atom. The van der Waals surface area contributed by atoms with Crippen LogP contribution in [0.1, 0.15) is 18.1 Å². The number of rotatable bonds is 3. The second-order valence-corrected chi connectivity index (χ2v) is 3.96. The molecule has 0 fully saturated rings. The minimum absolute atomic E-state index is 0.349. The van der Waals surface area contributed by atoms with Crippen LogP contribution in [-0.4, -0.2) is 25.3 Å². The molecule has 3 heteroatoms. The molecule has 0 radical (unpaired) electrons. The van der Waals surface area contributed by atoms with Crippen LogP contribution in [0.3, 0.4) is 0 Å². The normalized spacial score (nSPS) is 13.6. The average molecular weight is 207 g/mol. The van der Waals surface area contributed by atoms with Gasteiger partial charge in [0, 0.05) is 6.54 Å². The predicted molar refractivity (Wildman–Crippen MR) is 59.3 cm³/mol. The van der Waals surface area contributed by atoms with E-state index in [4.69, 9.17) is 9.47 Å². The van der Waals surface area contributed by atoms with Gasteiger partial charge < -0.3 is 14.4 Å². The van der Waals surface area contributed by atoms with Gasteiger partial charge in [-0.25, -0.2) is 0 Å². The van der Waals surface area contributed by atoms with E-state index >= 15 is 0 Å². The number of benzene rings is 1. The highest BCUT2D eigenvalue weighted by atomic mass is 16.7. The number of nitrogens with zero attached hydrogens (tertiary/aromatic N) is 1. The lowest BCUT2D eigenvalue weighted by Gasteiger charge is -2.15. The molecule has 1 heterocycles. The second-order valence-electron chi connectivity index (χ2n) is 3.96. The highest BCUT2D eigenvalue weighted by Gasteiger charge is 2.15. The van der Waals surface area contributed by atoms with Crippen LogP contribution in [0.2, 0.25) is 0 Å². The maximum Gasteiger partial charge on any atom is 0.231 e. The van der Waals surface area contributed by atoms with Gasteiger partial charge in [-0.3, -0.25) is 0 Å². The van der Waals surface area contributed by atoms with E-state index in [0.29, 0.717) is 6.79 Å². The fraction of sp³-hybridized carbons (Fsp3) is 0.500. The Morgan fingerprint density at radius 3 is 2.60 bits per heavy atom. The van der Waals surface area contributed by atoms with Crippen LogP contribution in [0.4, 0.5) is 0 Å². The van der Waals surface area contributed by atoms with E-state index in [1.54, 1.807) is 0 Å². The van der Waals surface area contributed by atoms with Crippen molar-refractivity contribution in [1.82, 2.24) is 4.90 Å². The first-order valence-electron chi connectivity index (χ1n) is 5.28. The Balaban J connectivity index is 2.24. The molecule has 0 unspecified atom stereocenters. The predicted octanol–water partition coefficient (Wildman–Crippen LogP) is 2.18. The van der Waals surface area contributed by atoms with Gasteiger partial charge >= 0.3 is 0 Å². The summed E-state index contributed by atoms with van der Waals surface area (Å²) in [5.41, 5.74) is 2.57. The largest absolute Gasteiger partial charge is 0.454 e. The Bertz CT molecular complexity index is 363. The zero-order chi connectivity index (χ0) is 10.8. The molecule has 1 aliphatic rings. The van der Waals surface area contributed by atoms with Crippen LogP contribution >= 0.6 is 0 Å². The van der Waals surface area contributed by atoms with Crippen molar-refractivity contribution in [3.8, 4) is 11.5 Å². The van der Waals surface area contributed by atoms with Gasteiger partial charge in [0.1, 0.15) is 0 Å². The van der Waals surface area contributed by atoms with E-state index < -0.39 is 0 Å². The molecule has 1 aromatic carbocycles. The first-order valence-corrected chi connectivity index (χ1v) is 5.28. The van der Waals surface area contributed by atoms with Crippen molar-refractivity contribution in [2.45, 2.75) is 20.4 Å². The van der Waals surface area contributed by atoms with Crippen LogP contribution in [0, 0.1) is 6.92 Å². The molecule has 2 rings (SSSR count). The number of hydrogen-bond acceptors (Lipinski definition) is 3. The molecule has 0 spiro atoms. The van der Waals surface area contributed by atoms with E-state index in [9.17, 15) is 0 Å². The summed E-state index contributed by atoms with van der Waals surface area (Å²) < 4.78 is 10.7. The molecule has 82 valence electrons. The van der Waals surface area contributed by atoms with Crippen molar-refractivity contribution in [1.29, 1.82) is 0 Å². The van der Waals surface area contributed by atoms with Crippen LogP contribution in [0.25, 0.3) is 0 Å². The lowest BCUT2D eigenvalue weighted by Crippen LogP contribution is -2.17. The summed E-state index contributed by atoms with van der Waals surface area (Å²) in [6.07, 6.45) is 0. The highest BCUT2D eigenvalue weighted by Crippen LogP contribution is 2.34. The summed E-state index contributed by atoms with van der Waals surface area (Å²) in [5.74, 6) is 1.75. The first kappa shape index (κ1) is 10.3. The zero-order valence-corrected chi connectivity index (χ0v) is 9.54. The van der Waals surface area contributed by atoms with E-state index in [1.165, 1.54) is 11.1 Å². The molecule has 1 aliphatic heterocycles. The minimum atomic E-state index is 0.349. The van der Waals surface area contributed by atoms with Gasteiger partial charge in [0.2, 0.25) is 6.79 Å². The Hall–Kier alpha value is -1.22. The average Bonchev–Trinajstić information content (AvgIpc) is 2.65. The molecule has 0 aliphatic carbocycles. The van der Waals surface area contributed by atoms with Crippen LogP contribution in [0.5, 0.6) is 11.5 Å². The smallest absolute Gasteiger partial charge is 0.231 e. The second kappa shape index (κ2) is 4.11. The van der Waals surface area contributed by atoms with Crippen molar-refractivity contribution >= 4 is 0 Å². The third-order valence-electron chi connectivity index (χ3n) is 2.81. The van der Waals surface area contributed by atoms with E-state index in [0.717, 1.165) is 24.6 Å². The minimum Gasteiger partial charge on any atom is -0.454 e. The van der Waals surface area contributed by atoms with Crippen molar-refractivity contribution in [2.24, 2.45) is 0 Å². The van der Waals surface area contributed by atoms with Crippen molar-refractivity contribution in [2.75, 3.05) is 20.4 Å². The molecule has 0 bridgehead atoms. The standard InChI is InChI=1S/C12H17NO2/c1-4-13(3)7-10-6-12-11(5-9(10)2)14-8-15-12/h5-6H,4,7-8H2,1-3H3. The zero-order valence-electron chi connectivity index (χ0n) is 9.54. The van der Waals surface area contributed by atoms with Crippen LogP contribution < -0.4 is 9.47 Å². The third kappa shape index (κ3) is 2.07.